The molecule has 158 valence electrons. The minimum atomic E-state index is 0.169. The van der Waals surface area contributed by atoms with Crippen LogP contribution in [0.15, 0.2) is 24.4 Å². The number of para-hydroxylation sites is 1. The minimum absolute atomic E-state index is 0.169. The van der Waals surface area contributed by atoms with Crippen molar-refractivity contribution < 1.29 is 4.79 Å². The molecule has 1 aromatic heterocycles. The summed E-state index contributed by atoms with van der Waals surface area (Å²) in [5.41, 5.74) is 3.38. The Hall–Kier alpha value is -1.61. The van der Waals surface area contributed by atoms with Crippen molar-refractivity contribution in [3.05, 3.63) is 35.5 Å². The lowest BCUT2D eigenvalue weighted by Gasteiger charge is -2.39. The Kier molecular flexibility index (Phi) is 6.44. The quantitative estimate of drug-likeness (QED) is 0.365. The molecule has 3 atom stereocenters. The van der Waals surface area contributed by atoms with E-state index in [1.165, 1.54) is 75.4 Å². The molecule has 0 saturated carbocycles. The molecule has 3 nitrogen and oxygen atoms in total. The number of fused-ring (bicyclic) bond motifs is 3. The third-order valence-electron chi connectivity index (χ3n) is 7.49. The summed E-state index contributed by atoms with van der Waals surface area (Å²) in [6, 6.07) is 7.98. The van der Waals surface area contributed by atoms with Gasteiger partial charge in [0.05, 0.1) is 5.52 Å². The summed E-state index contributed by atoms with van der Waals surface area (Å²) in [4.78, 5) is 14.9. The molecule has 2 saturated heterocycles. The van der Waals surface area contributed by atoms with Gasteiger partial charge in [-0.15, -0.1) is 0 Å². The van der Waals surface area contributed by atoms with Gasteiger partial charge in [-0.05, 0) is 57.4 Å². The maximum Gasteiger partial charge on any atom is 0.161 e. The van der Waals surface area contributed by atoms with Crippen LogP contribution in [-0.2, 0) is 6.54 Å². The molecule has 0 radical (unpaired) electrons. The lowest BCUT2D eigenvalue weighted by molar-refractivity contribution is 0.0966. The average Bonchev–Trinajstić information content (AvgIpc) is 3.18. The number of hydrogen-bond acceptors (Lipinski definition) is 2. The highest BCUT2D eigenvalue weighted by Crippen LogP contribution is 2.40. The number of ketones is 1. The fourth-order valence-electron chi connectivity index (χ4n) is 6.10. The zero-order valence-corrected chi connectivity index (χ0v) is 18.6. The van der Waals surface area contributed by atoms with E-state index < -0.39 is 0 Å². The molecule has 2 aliphatic rings. The summed E-state index contributed by atoms with van der Waals surface area (Å²) < 4.78 is 2.33. The normalized spacial score (nSPS) is 24.4. The monoisotopic (exact) mass is 394 g/mol. The first kappa shape index (κ1) is 20.7. The molecule has 3 heterocycles. The smallest absolute Gasteiger partial charge is 0.161 e. The molecule has 1 unspecified atom stereocenters. The maximum atomic E-state index is 12.1. The van der Waals surface area contributed by atoms with Crippen LogP contribution in [0.25, 0.3) is 10.9 Å². The zero-order chi connectivity index (χ0) is 20.4. The first-order chi connectivity index (χ1) is 14.1. The fourth-order valence-corrected chi connectivity index (χ4v) is 6.10. The molecule has 0 N–H and O–H groups in total. The second kappa shape index (κ2) is 9.04. The zero-order valence-electron chi connectivity index (χ0n) is 18.6. The van der Waals surface area contributed by atoms with Gasteiger partial charge in [-0.3, -0.25) is 9.69 Å². The van der Waals surface area contributed by atoms with Crippen LogP contribution in [0.3, 0.4) is 0 Å². The van der Waals surface area contributed by atoms with Gasteiger partial charge in [-0.25, -0.2) is 0 Å². The molecular formula is C26H38N2O. The van der Waals surface area contributed by atoms with Crippen LogP contribution in [0.4, 0.5) is 0 Å². The average molecular weight is 395 g/mol. The number of unbranched alkanes of at least 4 members (excludes halogenated alkanes) is 2. The van der Waals surface area contributed by atoms with E-state index in [-0.39, 0.29) is 5.78 Å². The number of nitrogens with zero attached hydrogens (tertiary/aromatic N) is 2. The Morgan fingerprint density at radius 1 is 1.07 bits per heavy atom. The number of carbonyl (C=O) groups is 1. The molecule has 2 aliphatic heterocycles. The van der Waals surface area contributed by atoms with Gasteiger partial charge in [-0.1, -0.05) is 50.8 Å². The van der Waals surface area contributed by atoms with Crippen molar-refractivity contribution in [2.24, 2.45) is 5.92 Å². The molecule has 2 fully saturated rings. The molecule has 2 aromatic rings. The van der Waals surface area contributed by atoms with Crippen LogP contribution in [0.1, 0.15) is 87.6 Å². The van der Waals surface area contributed by atoms with Crippen LogP contribution in [0.5, 0.6) is 0 Å². The molecule has 0 amide bonds. The Morgan fingerprint density at radius 2 is 1.83 bits per heavy atom. The number of rotatable bonds is 9. The van der Waals surface area contributed by atoms with Gasteiger partial charge in [0.25, 0.3) is 0 Å². The lowest BCUT2D eigenvalue weighted by Crippen LogP contribution is -2.43. The van der Waals surface area contributed by atoms with Crippen molar-refractivity contribution in [1.29, 1.82) is 0 Å². The third-order valence-corrected chi connectivity index (χ3v) is 7.49. The summed E-state index contributed by atoms with van der Waals surface area (Å²) in [6.07, 6.45) is 14.6. The van der Waals surface area contributed by atoms with Crippen LogP contribution in [-0.4, -0.2) is 33.9 Å². The van der Waals surface area contributed by atoms with Crippen molar-refractivity contribution in [1.82, 2.24) is 9.47 Å². The van der Waals surface area contributed by atoms with Crippen LogP contribution < -0.4 is 0 Å². The van der Waals surface area contributed by atoms with E-state index in [2.05, 4.69) is 47.7 Å². The summed E-state index contributed by atoms with van der Waals surface area (Å²) >= 11 is 0. The number of aryl methyl sites for hydroxylation is 2. The summed E-state index contributed by atoms with van der Waals surface area (Å²) in [5, 5.41) is 1.12. The standard InChI is InChI=1S/C26H38N2O/c1-4-5-6-10-21-16-22-12-13-23(17-21)28(22)15-8-14-27-18-25(20(3)29)24-11-7-9-19(2)26(24)27/h7,9,11,18,21-23H,4-6,8,10,12-17H2,1-3H3/t21?,22-,23+. The number of hydrogen-bond donors (Lipinski definition) is 0. The Bertz CT molecular complexity index is 838. The predicted octanol–water partition coefficient (Wildman–Crippen LogP) is 6.37. The molecule has 4 rings (SSSR count). The SMILES string of the molecule is CCCCCC1C[C@H]2CC[C@@H](C1)N2CCCn1cc(C(C)=O)c2cccc(C)c21. The van der Waals surface area contributed by atoms with E-state index in [9.17, 15) is 4.79 Å². The highest BCUT2D eigenvalue weighted by atomic mass is 16.1. The van der Waals surface area contributed by atoms with E-state index in [1.54, 1.807) is 6.92 Å². The Morgan fingerprint density at radius 3 is 2.52 bits per heavy atom. The number of aromatic nitrogens is 1. The third kappa shape index (κ3) is 4.30. The molecule has 3 heteroatoms. The van der Waals surface area contributed by atoms with Gasteiger partial charge in [-0.2, -0.15) is 0 Å². The van der Waals surface area contributed by atoms with Crippen molar-refractivity contribution in [3.63, 3.8) is 0 Å². The van der Waals surface area contributed by atoms with Gasteiger partial charge in [0.15, 0.2) is 5.78 Å². The second-order valence-electron chi connectivity index (χ2n) is 9.57. The van der Waals surface area contributed by atoms with E-state index >= 15 is 0 Å². The second-order valence-corrected chi connectivity index (χ2v) is 9.57. The van der Waals surface area contributed by atoms with E-state index in [4.69, 9.17) is 0 Å². The Labute approximate surface area is 176 Å². The van der Waals surface area contributed by atoms with Crippen LogP contribution in [0.2, 0.25) is 0 Å². The molecule has 1 aromatic carbocycles. The number of carbonyl (C=O) groups excluding carboxylic acids is 1. The van der Waals surface area contributed by atoms with Gasteiger partial charge < -0.3 is 4.57 Å². The summed E-state index contributed by atoms with van der Waals surface area (Å²) in [7, 11) is 0. The minimum Gasteiger partial charge on any atom is -0.346 e. The summed E-state index contributed by atoms with van der Waals surface area (Å²) in [6.45, 7) is 8.36. The van der Waals surface area contributed by atoms with E-state index in [1.807, 2.05) is 0 Å². The topological polar surface area (TPSA) is 25.2 Å². The van der Waals surface area contributed by atoms with Gasteiger partial charge >= 0.3 is 0 Å². The Balaban J connectivity index is 1.37. The largest absolute Gasteiger partial charge is 0.346 e. The molecular weight excluding hydrogens is 356 g/mol. The maximum absolute atomic E-state index is 12.1. The van der Waals surface area contributed by atoms with Crippen molar-refractivity contribution in [3.8, 4) is 0 Å². The van der Waals surface area contributed by atoms with Crippen molar-refractivity contribution in [2.75, 3.05) is 6.54 Å². The van der Waals surface area contributed by atoms with Crippen molar-refractivity contribution in [2.45, 2.75) is 97.2 Å². The highest BCUT2D eigenvalue weighted by Gasteiger charge is 2.39. The lowest BCUT2D eigenvalue weighted by atomic mass is 9.86. The van der Waals surface area contributed by atoms with Crippen LogP contribution >= 0.6 is 0 Å². The first-order valence-electron chi connectivity index (χ1n) is 11.9. The molecule has 29 heavy (non-hydrogen) atoms. The van der Waals surface area contributed by atoms with E-state index in [0.717, 1.165) is 35.5 Å². The predicted molar refractivity (Wildman–Crippen MR) is 122 cm³/mol. The first-order valence-corrected chi connectivity index (χ1v) is 11.9. The fraction of sp³-hybridized carbons (Fsp3) is 0.654. The van der Waals surface area contributed by atoms with Gasteiger partial charge in [0, 0.05) is 42.3 Å². The van der Waals surface area contributed by atoms with Crippen molar-refractivity contribution >= 4 is 16.7 Å². The van der Waals surface area contributed by atoms with Gasteiger partial charge in [0.2, 0.25) is 0 Å². The number of benzene rings is 1. The molecule has 0 spiro atoms. The number of Topliss-reactive ketones (excluding diaryl/α,β-unsaturated/α-hetero) is 1. The highest BCUT2D eigenvalue weighted by molar-refractivity contribution is 6.07. The summed E-state index contributed by atoms with van der Waals surface area (Å²) in [5.74, 6) is 1.15. The van der Waals surface area contributed by atoms with Crippen LogP contribution in [0, 0.1) is 12.8 Å². The molecule has 2 bridgehead atoms. The molecule has 0 aliphatic carbocycles. The number of piperidine rings is 1. The van der Waals surface area contributed by atoms with Gasteiger partial charge in [0.1, 0.15) is 0 Å². The van der Waals surface area contributed by atoms with E-state index in [0.29, 0.717) is 0 Å².